The molecule has 3 heteroatoms. The fraction of sp³-hybridized carbons (Fsp3) is 0.684. The van der Waals surface area contributed by atoms with E-state index in [-0.39, 0.29) is 0 Å². The molecule has 0 bridgehead atoms. The van der Waals surface area contributed by atoms with Gasteiger partial charge < -0.3 is 15.0 Å². The number of hydrogen-bond donors (Lipinski definition) is 1. The summed E-state index contributed by atoms with van der Waals surface area (Å²) in [6, 6.07) is 7.47. The molecule has 2 unspecified atom stereocenters. The first-order valence-electron chi connectivity index (χ1n) is 8.95. The first kappa shape index (κ1) is 15.7. The van der Waals surface area contributed by atoms with Crippen molar-refractivity contribution in [3.63, 3.8) is 0 Å². The van der Waals surface area contributed by atoms with E-state index in [0.717, 1.165) is 25.3 Å². The zero-order chi connectivity index (χ0) is 15.5. The molecular weight excluding hydrogens is 272 g/mol. The van der Waals surface area contributed by atoms with Gasteiger partial charge in [0.25, 0.3) is 0 Å². The molecule has 2 aliphatic rings. The van der Waals surface area contributed by atoms with Gasteiger partial charge in [-0.15, -0.1) is 0 Å². The molecule has 1 N–H and O–H groups in total. The van der Waals surface area contributed by atoms with Crippen molar-refractivity contribution in [2.75, 3.05) is 24.5 Å². The molecule has 0 radical (unpaired) electrons. The highest BCUT2D eigenvalue weighted by atomic mass is 16.5. The summed E-state index contributed by atoms with van der Waals surface area (Å²) in [5.41, 5.74) is 2.74. The lowest BCUT2D eigenvalue weighted by Crippen LogP contribution is -2.43. The van der Waals surface area contributed by atoms with Crippen LogP contribution in [0.3, 0.4) is 0 Å². The highest BCUT2D eigenvalue weighted by Gasteiger charge is 2.27. The van der Waals surface area contributed by atoms with Crippen LogP contribution in [0, 0.1) is 5.92 Å². The van der Waals surface area contributed by atoms with Gasteiger partial charge in [-0.25, -0.2) is 0 Å². The number of anilines is 1. The molecule has 1 fully saturated rings. The van der Waals surface area contributed by atoms with Gasteiger partial charge in [-0.05, 0) is 55.8 Å². The van der Waals surface area contributed by atoms with Crippen LogP contribution < -0.4 is 15.0 Å². The molecule has 2 heterocycles. The van der Waals surface area contributed by atoms with E-state index in [2.05, 4.69) is 49.2 Å². The van der Waals surface area contributed by atoms with E-state index >= 15 is 0 Å². The van der Waals surface area contributed by atoms with Crippen LogP contribution in [0.4, 0.5) is 5.69 Å². The molecule has 3 nitrogen and oxygen atoms in total. The Bertz CT molecular complexity index is 494. The lowest BCUT2D eigenvalue weighted by atomic mass is 10.0. The van der Waals surface area contributed by atoms with Gasteiger partial charge in [0.15, 0.2) is 0 Å². The summed E-state index contributed by atoms with van der Waals surface area (Å²) in [7, 11) is 0. The molecule has 0 amide bonds. The lowest BCUT2D eigenvalue weighted by Gasteiger charge is -2.38. The molecule has 1 aromatic carbocycles. The van der Waals surface area contributed by atoms with Crippen molar-refractivity contribution in [2.45, 2.75) is 58.6 Å². The van der Waals surface area contributed by atoms with Crippen molar-refractivity contribution in [3.8, 4) is 5.75 Å². The van der Waals surface area contributed by atoms with E-state index in [4.69, 9.17) is 4.74 Å². The zero-order valence-corrected chi connectivity index (χ0v) is 14.3. The van der Waals surface area contributed by atoms with Crippen molar-refractivity contribution in [2.24, 2.45) is 5.92 Å². The van der Waals surface area contributed by atoms with Gasteiger partial charge >= 0.3 is 0 Å². The molecule has 0 aromatic heterocycles. The third-order valence-electron chi connectivity index (χ3n) is 4.92. The molecule has 2 atom stereocenters. The summed E-state index contributed by atoms with van der Waals surface area (Å²) in [5, 5.41) is 3.60. The molecule has 1 aromatic rings. The number of fused-ring (bicyclic) bond motifs is 1. The van der Waals surface area contributed by atoms with Crippen molar-refractivity contribution in [1.29, 1.82) is 0 Å². The maximum atomic E-state index is 6.24. The summed E-state index contributed by atoms with van der Waals surface area (Å²) < 4.78 is 6.24. The number of benzene rings is 1. The summed E-state index contributed by atoms with van der Waals surface area (Å²) in [6.07, 6.45) is 5.25. The number of nitrogens with one attached hydrogen (secondary N) is 1. The van der Waals surface area contributed by atoms with E-state index in [9.17, 15) is 0 Å². The Kier molecular flexibility index (Phi) is 4.92. The van der Waals surface area contributed by atoms with E-state index in [0.29, 0.717) is 18.1 Å². The molecule has 3 rings (SSSR count). The Morgan fingerprint density at radius 1 is 1.36 bits per heavy atom. The maximum Gasteiger partial charge on any atom is 0.143 e. The first-order chi connectivity index (χ1) is 10.7. The second-order valence-corrected chi connectivity index (χ2v) is 7.15. The predicted octanol–water partition coefficient (Wildman–Crippen LogP) is 3.61. The molecular formula is C19H30N2O. The summed E-state index contributed by atoms with van der Waals surface area (Å²) in [4.78, 5) is 2.52. The fourth-order valence-electron chi connectivity index (χ4n) is 3.60. The van der Waals surface area contributed by atoms with Crippen molar-refractivity contribution in [1.82, 2.24) is 5.32 Å². The van der Waals surface area contributed by atoms with Gasteiger partial charge in [0.2, 0.25) is 0 Å². The molecule has 122 valence electrons. The minimum Gasteiger partial charge on any atom is -0.486 e. The Labute approximate surface area is 135 Å². The van der Waals surface area contributed by atoms with Crippen LogP contribution in [-0.2, 0) is 6.42 Å². The van der Waals surface area contributed by atoms with Gasteiger partial charge in [-0.1, -0.05) is 26.8 Å². The van der Waals surface area contributed by atoms with Gasteiger partial charge in [0, 0.05) is 12.6 Å². The van der Waals surface area contributed by atoms with Crippen LogP contribution >= 0.6 is 0 Å². The molecule has 22 heavy (non-hydrogen) atoms. The zero-order valence-electron chi connectivity index (χ0n) is 14.3. The van der Waals surface area contributed by atoms with Crippen molar-refractivity contribution >= 4 is 5.69 Å². The average molecular weight is 302 g/mol. The first-order valence-corrected chi connectivity index (χ1v) is 8.95. The largest absolute Gasteiger partial charge is 0.486 e. The van der Waals surface area contributed by atoms with Gasteiger partial charge in [0.1, 0.15) is 11.9 Å². The Balaban J connectivity index is 1.80. The number of rotatable bonds is 5. The Morgan fingerprint density at radius 2 is 2.23 bits per heavy atom. The van der Waals surface area contributed by atoms with E-state index in [1.165, 1.54) is 37.1 Å². The molecule has 0 saturated carbocycles. The quantitative estimate of drug-likeness (QED) is 0.899. The Morgan fingerprint density at radius 3 is 2.91 bits per heavy atom. The minimum atomic E-state index is 0.307. The summed E-state index contributed by atoms with van der Waals surface area (Å²) >= 11 is 0. The van der Waals surface area contributed by atoms with E-state index in [1.807, 2.05) is 0 Å². The molecule has 1 saturated heterocycles. The Hall–Kier alpha value is -1.22. The SMILES string of the molecule is CCCN1CC(C(C)C)Oc2ccc(CC3CCCN3)cc21. The highest BCUT2D eigenvalue weighted by molar-refractivity contribution is 5.62. The van der Waals surface area contributed by atoms with Crippen LogP contribution in [0.2, 0.25) is 0 Å². The average Bonchev–Trinajstić information content (AvgIpc) is 3.00. The number of hydrogen-bond acceptors (Lipinski definition) is 3. The van der Waals surface area contributed by atoms with Crippen LogP contribution in [0.15, 0.2) is 18.2 Å². The summed E-state index contributed by atoms with van der Waals surface area (Å²) in [5.74, 6) is 1.62. The van der Waals surface area contributed by atoms with Gasteiger partial charge in [-0.2, -0.15) is 0 Å². The number of ether oxygens (including phenoxy) is 1. The third kappa shape index (κ3) is 3.40. The smallest absolute Gasteiger partial charge is 0.143 e. The van der Waals surface area contributed by atoms with Crippen LogP contribution in [-0.4, -0.2) is 31.8 Å². The van der Waals surface area contributed by atoms with Gasteiger partial charge in [0.05, 0.1) is 12.2 Å². The molecule has 0 spiro atoms. The second-order valence-electron chi connectivity index (χ2n) is 7.15. The third-order valence-corrected chi connectivity index (χ3v) is 4.92. The monoisotopic (exact) mass is 302 g/mol. The lowest BCUT2D eigenvalue weighted by molar-refractivity contribution is 0.145. The van der Waals surface area contributed by atoms with Gasteiger partial charge in [-0.3, -0.25) is 0 Å². The summed E-state index contributed by atoms with van der Waals surface area (Å²) in [6.45, 7) is 10.1. The van der Waals surface area contributed by atoms with Crippen LogP contribution in [0.25, 0.3) is 0 Å². The van der Waals surface area contributed by atoms with Crippen LogP contribution in [0.5, 0.6) is 5.75 Å². The standard InChI is InChI=1S/C19H30N2O/c1-4-10-21-13-19(14(2)3)22-18-8-7-15(12-17(18)21)11-16-6-5-9-20-16/h7-8,12,14,16,19-20H,4-6,9-11,13H2,1-3H3. The minimum absolute atomic E-state index is 0.307. The normalized spacial score (nSPS) is 24.5. The second kappa shape index (κ2) is 6.91. The number of nitrogens with zero attached hydrogens (tertiary/aromatic N) is 1. The molecule has 0 aliphatic carbocycles. The van der Waals surface area contributed by atoms with Crippen LogP contribution in [0.1, 0.15) is 45.6 Å². The predicted molar refractivity (Wildman–Crippen MR) is 92.9 cm³/mol. The van der Waals surface area contributed by atoms with E-state index in [1.54, 1.807) is 0 Å². The topological polar surface area (TPSA) is 24.5 Å². The van der Waals surface area contributed by atoms with Crippen molar-refractivity contribution in [3.05, 3.63) is 23.8 Å². The highest BCUT2D eigenvalue weighted by Crippen LogP contribution is 2.36. The maximum absolute atomic E-state index is 6.24. The van der Waals surface area contributed by atoms with Crippen molar-refractivity contribution < 1.29 is 4.74 Å². The molecule has 2 aliphatic heterocycles. The fourth-order valence-corrected chi connectivity index (χ4v) is 3.60. The van der Waals surface area contributed by atoms with E-state index < -0.39 is 0 Å².